The molecular weight excluding hydrogens is 362 g/mol. The lowest BCUT2D eigenvalue weighted by molar-refractivity contribution is 0.0330. The molecule has 0 radical (unpaired) electrons. The lowest BCUT2D eigenvalue weighted by Gasteiger charge is -2.25. The lowest BCUT2D eigenvalue weighted by atomic mass is 10.2. The summed E-state index contributed by atoms with van der Waals surface area (Å²) in [5, 5.41) is 14.1. The van der Waals surface area contributed by atoms with Crippen LogP contribution in [0.15, 0.2) is 29.3 Å². The first-order valence-corrected chi connectivity index (χ1v) is 10.3. The number of hydrogen-bond donors (Lipinski definition) is 0. The van der Waals surface area contributed by atoms with Gasteiger partial charge in [-0.1, -0.05) is 36.9 Å². The SMILES string of the molecule is CCCn1nnnc1CSc1nc(CN2CCOCC2)nc2ccccc12. The molecule has 142 valence electrons. The molecule has 0 unspecified atom stereocenters. The number of para-hydroxylation sites is 1. The molecule has 0 saturated carbocycles. The third kappa shape index (κ3) is 4.42. The van der Waals surface area contributed by atoms with E-state index >= 15 is 0 Å². The number of aromatic nitrogens is 6. The first-order chi connectivity index (χ1) is 13.3. The second-order valence-corrected chi connectivity index (χ2v) is 7.42. The van der Waals surface area contributed by atoms with Crippen molar-refractivity contribution in [3.8, 4) is 0 Å². The highest BCUT2D eigenvalue weighted by molar-refractivity contribution is 7.98. The summed E-state index contributed by atoms with van der Waals surface area (Å²) in [6.45, 7) is 7.08. The molecule has 0 amide bonds. The number of nitrogens with zero attached hydrogens (tertiary/aromatic N) is 7. The zero-order valence-corrected chi connectivity index (χ0v) is 16.2. The van der Waals surface area contributed by atoms with Gasteiger partial charge in [-0.05, 0) is 22.9 Å². The van der Waals surface area contributed by atoms with Crippen molar-refractivity contribution < 1.29 is 4.74 Å². The average Bonchev–Trinajstić information content (AvgIpc) is 3.14. The van der Waals surface area contributed by atoms with Gasteiger partial charge in [0.15, 0.2) is 5.82 Å². The number of thioether (sulfide) groups is 1. The largest absolute Gasteiger partial charge is 0.379 e. The first kappa shape index (κ1) is 18.3. The van der Waals surface area contributed by atoms with E-state index in [1.54, 1.807) is 11.8 Å². The molecule has 0 N–H and O–H groups in total. The molecule has 9 heteroatoms. The molecule has 1 aromatic carbocycles. The molecule has 0 aliphatic carbocycles. The van der Waals surface area contributed by atoms with Crippen molar-refractivity contribution >= 4 is 22.7 Å². The number of morpholine rings is 1. The van der Waals surface area contributed by atoms with Gasteiger partial charge in [0, 0.05) is 25.0 Å². The average molecular weight is 385 g/mol. The van der Waals surface area contributed by atoms with Crippen LogP contribution >= 0.6 is 11.8 Å². The number of aryl methyl sites for hydroxylation is 1. The normalized spacial score (nSPS) is 15.4. The van der Waals surface area contributed by atoms with Crippen molar-refractivity contribution in [2.24, 2.45) is 0 Å². The van der Waals surface area contributed by atoms with Crippen LogP contribution in [0.25, 0.3) is 10.9 Å². The maximum Gasteiger partial charge on any atom is 0.161 e. The van der Waals surface area contributed by atoms with Crippen molar-refractivity contribution in [1.29, 1.82) is 0 Å². The number of hydrogen-bond acceptors (Lipinski definition) is 8. The van der Waals surface area contributed by atoms with Crippen molar-refractivity contribution in [3.63, 3.8) is 0 Å². The molecule has 0 spiro atoms. The maximum absolute atomic E-state index is 5.43. The molecule has 2 aromatic heterocycles. The van der Waals surface area contributed by atoms with Crippen molar-refractivity contribution in [1.82, 2.24) is 35.1 Å². The van der Waals surface area contributed by atoms with Crippen molar-refractivity contribution in [2.75, 3.05) is 26.3 Å². The number of fused-ring (bicyclic) bond motifs is 1. The first-order valence-electron chi connectivity index (χ1n) is 9.27. The smallest absolute Gasteiger partial charge is 0.161 e. The molecule has 0 bridgehead atoms. The molecular formula is C18H23N7OS. The Morgan fingerprint density at radius 1 is 1.15 bits per heavy atom. The third-order valence-electron chi connectivity index (χ3n) is 4.46. The third-order valence-corrected chi connectivity index (χ3v) is 5.45. The van der Waals surface area contributed by atoms with Crippen LogP contribution in [0.5, 0.6) is 0 Å². The van der Waals surface area contributed by atoms with Crippen molar-refractivity contribution in [2.45, 2.75) is 37.2 Å². The number of ether oxygens (including phenoxy) is 1. The Morgan fingerprint density at radius 2 is 2.00 bits per heavy atom. The minimum absolute atomic E-state index is 0.686. The van der Waals surface area contributed by atoms with Gasteiger partial charge in [-0.15, -0.1) is 5.10 Å². The summed E-state index contributed by atoms with van der Waals surface area (Å²) < 4.78 is 7.30. The van der Waals surface area contributed by atoms with E-state index < -0.39 is 0 Å². The lowest BCUT2D eigenvalue weighted by Crippen LogP contribution is -2.36. The van der Waals surface area contributed by atoms with Crippen LogP contribution in [0.3, 0.4) is 0 Å². The molecule has 8 nitrogen and oxygen atoms in total. The van der Waals surface area contributed by atoms with Crippen LogP contribution in [-0.4, -0.2) is 61.4 Å². The predicted molar refractivity (Wildman–Crippen MR) is 103 cm³/mol. The topological polar surface area (TPSA) is 81.9 Å². The van der Waals surface area contributed by atoms with Gasteiger partial charge in [0.2, 0.25) is 0 Å². The Hall–Kier alpha value is -2.10. The maximum atomic E-state index is 5.43. The Morgan fingerprint density at radius 3 is 2.85 bits per heavy atom. The molecule has 3 heterocycles. The van der Waals surface area contributed by atoms with E-state index in [0.29, 0.717) is 5.75 Å². The predicted octanol–water partition coefficient (Wildman–Crippen LogP) is 2.15. The van der Waals surface area contributed by atoms with E-state index in [4.69, 9.17) is 14.7 Å². The molecule has 3 aromatic rings. The number of benzene rings is 1. The van der Waals surface area contributed by atoms with Crippen LogP contribution in [-0.2, 0) is 23.6 Å². The summed E-state index contributed by atoms with van der Waals surface area (Å²) >= 11 is 1.67. The van der Waals surface area contributed by atoms with Crippen LogP contribution in [0.1, 0.15) is 25.0 Å². The quantitative estimate of drug-likeness (QED) is 0.452. The minimum atomic E-state index is 0.686. The van der Waals surface area contributed by atoms with Crippen LogP contribution in [0.4, 0.5) is 0 Å². The van der Waals surface area contributed by atoms with E-state index in [0.717, 1.165) is 73.4 Å². The highest BCUT2D eigenvalue weighted by atomic mass is 32.2. The van der Waals surface area contributed by atoms with E-state index in [1.165, 1.54) is 0 Å². The van der Waals surface area contributed by atoms with Gasteiger partial charge in [-0.2, -0.15) is 0 Å². The second-order valence-electron chi connectivity index (χ2n) is 6.46. The second kappa shape index (κ2) is 8.73. The summed E-state index contributed by atoms with van der Waals surface area (Å²) in [5.41, 5.74) is 0.978. The molecule has 0 atom stereocenters. The summed E-state index contributed by atoms with van der Waals surface area (Å²) in [5.74, 6) is 2.41. The zero-order chi connectivity index (χ0) is 18.5. The van der Waals surface area contributed by atoms with Crippen LogP contribution in [0, 0.1) is 0 Å². The number of rotatable bonds is 7. The summed E-state index contributed by atoms with van der Waals surface area (Å²) in [4.78, 5) is 12.0. The molecule has 1 saturated heterocycles. The monoisotopic (exact) mass is 385 g/mol. The molecule has 1 fully saturated rings. The van der Waals surface area contributed by atoms with Gasteiger partial charge in [-0.25, -0.2) is 14.6 Å². The molecule has 4 rings (SSSR count). The van der Waals surface area contributed by atoms with E-state index in [9.17, 15) is 0 Å². The standard InChI is InChI=1S/C18H23N7OS/c1-2-7-25-17(21-22-23-25)13-27-18-14-5-3-4-6-15(14)19-16(20-18)12-24-8-10-26-11-9-24/h3-6H,2,7-13H2,1H3. The highest BCUT2D eigenvalue weighted by Gasteiger charge is 2.15. The van der Waals surface area contributed by atoms with E-state index in [1.807, 2.05) is 22.9 Å². The van der Waals surface area contributed by atoms with Gasteiger partial charge in [0.1, 0.15) is 10.9 Å². The Kier molecular flexibility index (Phi) is 5.90. The fourth-order valence-electron chi connectivity index (χ4n) is 3.08. The summed E-state index contributed by atoms with van der Waals surface area (Å²) in [7, 11) is 0. The van der Waals surface area contributed by atoms with Gasteiger partial charge in [-0.3, -0.25) is 4.90 Å². The summed E-state index contributed by atoms with van der Waals surface area (Å²) in [6, 6.07) is 8.17. The zero-order valence-electron chi connectivity index (χ0n) is 15.4. The van der Waals surface area contributed by atoms with Crippen molar-refractivity contribution in [3.05, 3.63) is 35.9 Å². The Balaban J connectivity index is 1.57. The summed E-state index contributed by atoms with van der Waals surface area (Å²) in [6.07, 6.45) is 1.00. The van der Waals surface area contributed by atoms with Gasteiger partial charge in [0.05, 0.1) is 31.0 Å². The molecule has 1 aliphatic rings. The Bertz CT molecular complexity index is 894. The molecule has 27 heavy (non-hydrogen) atoms. The Labute approximate surface area is 162 Å². The minimum Gasteiger partial charge on any atom is -0.379 e. The fourth-order valence-corrected chi connectivity index (χ4v) is 4.05. The van der Waals surface area contributed by atoms with Gasteiger partial charge >= 0.3 is 0 Å². The molecule has 1 aliphatic heterocycles. The van der Waals surface area contributed by atoms with Gasteiger partial charge < -0.3 is 4.74 Å². The van der Waals surface area contributed by atoms with Crippen LogP contribution in [0.2, 0.25) is 0 Å². The van der Waals surface area contributed by atoms with Gasteiger partial charge in [0.25, 0.3) is 0 Å². The van der Waals surface area contributed by atoms with Crippen LogP contribution < -0.4 is 0 Å². The highest BCUT2D eigenvalue weighted by Crippen LogP contribution is 2.27. The van der Waals surface area contributed by atoms with E-state index in [-0.39, 0.29) is 0 Å². The van der Waals surface area contributed by atoms with E-state index in [2.05, 4.69) is 33.4 Å². The fraction of sp³-hybridized carbons (Fsp3) is 0.500. The number of tetrazole rings is 1.